The summed E-state index contributed by atoms with van der Waals surface area (Å²) < 4.78 is 6.59. The number of rotatable bonds is 8. The molecule has 1 aliphatic heterocycles. The first-order valence-corrected chi connectivity index (χ1v) is 12.3. The Morgan fingerprint density at radius 1 is 1.18 bits per heavy atom. The summed E-state index contributed by atoms with van der Waals surface area (Å²) in [7, 11) is 1.60. The first kappa shape index (κ1) is 25.2. The molecular weight excluding hydrogens is 512 g/mol. The smallest absolute Gasteiger partial charge is 0.341 e. The van der Waals surface area contributed by atoms with Crippen LogP contribution >= 0.6 is 11.6 Å². The molecule has 4 aromatic rings. The molecule has 12 nitrogen and oxygen atoms in total. The first-order chi connectivity index (χ1) is 18.4. The minimum atomic E-state index is -1.16. The van der Waals surface area contributed by atoms with Crippen molar-refractivity contribution in [2.75, 3.05) is 35.2 Å². The van der Waals surface area contributed by atoms with E-state index in [1.807, 2.05) is 6.07 Å². The molecule has 1 saturated heterocycles. The number of anilines is 4. The van der Waals surface area contributed by atoms with Gasteiger partial charge in [0, 0.05) is 49.6 Å². The van der Waals surface area contributed by atoms with Gasteiger partial charge in [-0.3, -0.25) is 4.79 Å². The number of aryl methyl sites for hydroxylation is 1. The minimum absolute atomic E-state index is 0.0429. The number of nitrogens with zero attached hydrogens (tertiary/aromatic N) is 6. The first-order valence-electron chi connectivity index (χ1n) is 11.9. The summed E-state index contributed by atoms with van der Waals surface area (Å²) in [4.78, 5) is 43.0. The number of carboxylic acid groups (broad SMARTS) is 1. The molecule has 38 heavy (non-hydrogen) atoms. The second kappa shape index (κ2) is 10.9. The molecule has 0 unspecified atom stereocenters. The van der Waals surface area contributed by atoms with Gasteiger partial charge < -0.3 is 29.9 Å². The fraction of sp³-hybridized carbons (Fsp3) is 0.280. The largest absolute Gasteiger partial charge is 0.479 e. The molecule has 1 aromatic carbocycles. The average molecular weight is 537 g/mol. The van der Waals surface area contributed by atoms with Crippen LogP contribution in [0, 0.1) is 0 Å². The zero-order valence-corrected chi connectivity index (χ0v) is 21.2. The van der Waals surface area contributed by atoms with E-state index in [2.05, 4.69) is 35.5 Å². The summed E-state index contributed by atoms with van der Waals surface area (Å²) in [5, 5.41) is 16.5. The molecule has 0 amide bonds. The molecular formula is C25H25ClN8O4. The van der Waals surface area contributed by atoms with Crippen LogP contribution in [-0.4, -0.2) is 61.3 Å². The molecule has 196 valence electrons. The molecule has 5 rings (SSSR count). The van der Waals surface area contributed by atoms with Crippen molar-refractivity contribution in [3.63, 3.8) is 0 Å². The van der Waals surface area contributed by atoms with Gasteiger partial charge in [0.05, 0.1) is 11.7 Å². The second-order valence-corrected chi connectivity index (χ2v) is 9.21. The van der Waals surface area contributed by atoms with Crippen LogP contribution in [0.2, 0.25) is 5.02 Å². The van der Waals surface area contributed by atoms with Gasteiger partial charge in [-0.2, -0.15) is 4.98 Å². The number of hydrogen-bond donors (Lipinski definition) is 3. The Labute approximate surface area is 222 Å². The standard InChI is InChI=1S/C25H25ClN8O4/c1-33-19-4-3-17(11-15(19)12-20(23(33)37)38-14-21(35)36)30-22-18(26)13-29-25(32-22)34-9-5-16(6-10-34)31-24-27-7-2-8-28-24/h2-4,7-8,11-13,16H,5-6,9-10,14H2,1H3,(H,35,36)(H,27,28,31)(H,29,30,32). The molecule has 0 aliphatic carbocycles. The summed E-state index contributed by atoms with van der Waals surface area (Å²) in [5.41, 5.74) is 0.922. The van der Waals surface area contributed by atoms with Crippen molar-refractivity contribution in [3.8, 4) is 5.75 Å². The lowest BCUT2D eigenvalue weighted by Gasteiger charge is -2.32. The van der Waals surface area contributed by atoms with Crippen molar-refractivity contribution in [3.05, 3.63) is 64.3 Å². The number of carbonyl (C=O) groups is 1. The summed E-state index contributed by atoms with van der Waals surface area (Å²) in [5.74, 6) is 0.428. The number of hydrogen-bond acceptors (Lipinski definition) is 10. The Morgan fingerprint density at radius 3 is 2.68 bits per heavy atom. The molecule has 13 heteroatoms. The van der Waals surface area contributed by atoms with Gasteiger partial charge in [-0.1, -0.05) is 11.6 Å². The Kier molecular flexibility index (Phi) is 7.22. The third-order valence-electron chi connectivity index (χ3n) is 6.21. The highest BCUT2D eigenvalue weighted by molar-refractivity contribution is 6.32. The number of pyridine rings is 1. The lowest BCUT2D eigenvalue weighted by Crippen LogP contribution is -2.40. The summed E-state index contributed by atoms with van der Waals surface area (Å²) in [6.45, 7) is 0.911. The van der Waals surface area contributed by atoms with Crippen LogP contribution in [0.1, 0.15) is 12.8 Å². The lowest BCUT2D eigenvalue weighted by atomic mass is 10.1. The fourth-order valence-electron chi connectivity index (χ4n) is 4.29. The molecule has 1 aliphatic rings. The van der Waals surface area contributed by atoms with Crippen molar-refractivity contribution in [2.24, 2.45) is 7.05 Å². The maximum absolute atomic E-state index is 12.5. The number of nitrogens with one attached hydrogen (secondary N) is 2. The number of aromatic nitrogens is 5. The maximum atomic E-state index is 12.5. The monoisotopic (exact) mass is 536 g/mol. The van der Waals surface area contributed by atoms with E-state index in [0.29, 0.717) is 39.3 Å². The van der Waals surface area contributed by atoms with Crippen molar-refractivity contribution >= 4 is 51.9 Å². The number of ether oxygens (including phenoxy) is 1. The van der Waals surface area contributed by atoms with E-state index in [4.69, 9.17) is 21.4 Å². The molecule has 4 heterocycles. The summed E-state index contributed by atoms with van der Waals surface area (Å²) in [6.07, 6.45) is 6.75. The molecule has 0 bridgehead atoms. The van der Waals surface area contributed by atoms with Gasteiger partial charge in [0.2, 0.25) is 11.9 Å². The normalized spacial score (nSPS) is 13.9. The summed E-state index contributed by atoms with van der Waals surface area (Å²) >= 11 is 6.41. The van der Waals surface area contributed by atoms with E-state index in [9.17, 15) is 9.59 Å². The molecule has 0 radical (unpaired) electrons. The Hall–Kier alpha value is -4.45. The van der Waals surface area contributed by atoms with Crippen molar-refractivity contribution < 1.29 is 14.6 Å². The van der Waals surface area contributed by atoms with E-state index < -0.39 is 18.1 Å². The zero-order valence-electron chi connectivity index (χ0n) is 20.5. The van der Waals surface area contributed by atoms with Gasteiger partial charge in [-0.05, 0) is 43.2 Å². The van der Waals surface area contributed by atoms with Crippen molar-refractivity contribution in [1.29, 1.82) is 0 Å². The van der Waals surface area contributed by atoms with Gasteiger partial charge in [0.1, 0.15) is 5.02 Å². The number of aliphatic carboxylic acids is 1. The van der Waals surface area contributed by atoms with E-state index in [1.54, 1.807) is 43.8 Å². The van der Waals surface area contributed by atoms with Gasteiger partial charge >= 0.3 is 5.97 Å². The molecule has 1 fully saturated rings. The maximum Gasteiger partial charge on any atom is 0.341 e. The Balaban J connectivity index is 1.31. The molecule has 3 N–H and O–H groups in total. The van der Waals surface area contributed by atoms with E-state index in [0.717, 1.165) is 25.9 Å². The van der Waals surface area contributed by atoms with Crippen LogP contribution in [0.25, 0.3) is 10.9 Å². The van der Waals surface area contributed by atoms with Crippen LogP contribution in [-0.2, 0) is 11.8 Å². The van der Waals surface area contributed by atoms with Crippen LogP contribution in [0.3, 0.4) is 0 Å². The molecule has 0 atom stereocenters. The molecule has 0 spiro atoms. The Bertz CT molecular complexity index is 1520. The predicted octanol–water partition coefficient (Wildman–Crippen LogP) is 3.06. The highest BCUT2D eigenvalue weighted by Gasteiger charge is 2.22. The minimum Gasteiger partial charge on any atom is -0.479 e. The van der Waals surface area contributed by atoms with E-state index in [1.165, 1.54) is 10.6 Å². The van der Waals surface area contributed by atoms with Crippen LogP contribution in [0.15, 0.2) is 53.7 Å². The predicted molar refractivity (Wildman–Crippen MR) is 144 cm³/mol. The molecule has 0 saturated carbocycles. The highest BCUT2D eigenvalue weighted by Crippen LogP contribution is 2.28. The number of halogens is 1. The number of piperidine rings is 1. The van der Waals surface area contributed by atoms with Crippen molar-refractivity contribution in [2.45, 2.75) is 18.9 Å². The van der Waals surface area contributed by atoms with Gasteiger partial charge in [0.25, 0.3) is 5.56 Å². The van der Waals surface area contributed by atoms with Gasteiger partial charge in [-0.15, -0.1) is 0 Å². The van der Waals surface area contributed by atoms with Crippen LogP contribution in [0.5, 0.6) is 5.75 Å². The van der Waals surface area contributed by atoms with Crippen molar-refractivity contribution in [1.82, 2.24) is 24.5 Å². The van der Waals surface area contributed by atoms with Crippen LogP contribution < -0.4 is 25.8 Å². The topological polar surface area (TPSA) is 147 Å². The fourth-order valence-corrected chi connectivity index (χ4v) is 4.43. The van der Waals surface area contributed by atoms with Gasteiger partial charge in [-0.25, -0.2) is 19.7 Å². The third-order valence-corrected chi connectivity index (χ3v) is 6.49. The third kappa shape index (κ3) is 5.59. The number of fused-ring (bicyclic) bond motifs is 1. The lowest BCUT2D eigenvalue weighted by molar-refractivity contribution is -0.139. The number of benzene rings is 1. The highest BCUT2D eigenvalue weighted by atomic mass is 35.5. The Morgan fingerprint density at radius 2 is 1.95 bits per heavy atom. The number of carboxylic acids is 1. The summed E-state index contributed by atoms with van der Waals surface area (Å²) in [6, 6.07) is 8.97. The zero-order chi connectivity index (χ0) is 26.6. The average Bonchev–Trinajstić information content (AvgIpc) is 2.92. The van der Waals surface area contributed by atoms with E-state index >= 15 is 0 Å². The van der Waals surface area contributed by atoms with Gasteiger partial charge in [0.15, 0.2) is 18.2 Å². The SMILES string of the molecule is Cn1c(=O)c(OCC(=O)O)cc2cc(Nc3nc(N4CCC(Nc5ncccn5)CC4)ncc3Cl)ccc21. The molecule has 3 aromatic heterocycles. The van der Waals surface area contributed by atoms with Crippen LogP contribution in [0.4, 0.5) is 23.4 Å². The quantitative estimate of drug-likeness (QED) is 0.305. The second-order valence-electron chi connectivity index (χ2n) is 8.80. The van der Waals surface area contributed by atoms with E-state index in [-0.39, 0.29) is 11.8 Å².